The van der Waals surface area contributed by atoms with Crippen LogP contribution < -0.4 is 4.74 Å². The smallest absolute Gasteiger partial charge is 0.260 e. The van der Waals surface area contributed by atoms with Crippen LogP contribution in [-0.4, -0.2) is 91.7 Å². The highest BCUT2D eigenvalue weighted by molar-refractivity contribution is 7.80. The van der Waals surface area contributed by atoms with Gasteiger partial charge in [-0.3, -0.25) is 4.79 Å². The van der Waals surface area contributed by atoms with E-state index < -0.39 is 0 Å². The Labute approximate surface area is 154 Å². The number of likely N-dealkylation sites (N-methyl/N-ethyl adjacent to an activating group) is 1. The number of amides is 1. The molecule has 1 aromatic rings. The number of rotatable bonds is 4. The van der Waals surface area contributed by atoms with Crippen molar-refractivity contribution in [3.05, 3.63) is 29.8 Å². The first-order valence-corrected chi connectivity index (χ1v) is 9.10. The topological polar surface area (TPSA) is 45.2 Å². The Bertz CT molecular complexity index is 594. The number of carbonyl (C=O) groups is 1. The van der Waals surface area contributed by atoms with Crippen molar-refractivity contribution in [3.63, 3.8) is 0 Å². The van der Waals surface area contributed by atoms with Gasteiger partial charge in [-0.25, -0.2) is 0 Å². The molecule has 2 heterocycles. The van der Waals surface area contributed by atoms with Gasteiger partial charge in [-0.1, -0.05) is 12.2 Å². The van der Waals surface area contributed by atoms with Gasteiger partial charge in [0, 0.05) is 44.8 Å². The van der Waals surface area contributed by atoms with Crippen LogP contribution in [0.25, 0.3) is 0 Å². The fourth-order valence-electron chi connectivity index (χ4n) is 2.93. The molecule has 25 heavy (non-hydrogen) atoms. The Morgan fingerprint density at radius 2 is 1.68 bits per heavy atom. The fraction of sp³-hybridized carbons (Fsp3) is 0.556. The van der Waals surface area contributed by atoms with E-state index in [1.54, 1.807) is 4.90 Å². The Morgan fingerprint density at radius 1 is 1.04 bits per heavy atom. The second-order valence-electron chi connectivity index (χ2n) is 6.40. The maximum absolute atomic E-state index is 12.1. The SMILES string of the molecule is CN1CCN(C(=S)c2ccc(OCC(=O)N3CCOCC3)cc2)CC1. The Kier molecular flexibility index (Phi) is 6.23. The van der Waals surface area contributed by atoms with Gasteiger partial charge in [0.1, 0.15) is 10.7 Å². The standard InChI is InChI=1S/C18H25N3O3S/c1-19-6-8-21(9-7-19)18(25)15-2-4-16(5-3-15)24-14-17(22)20-10-12-23-13-11-20/h2-5H,6-14H2,1H3. The van der Waals surface area contributed by atoms with Gasteiger partial charge in [-0.2, -0.15) is 0 Å². The molecular formula is C18H25N3O3S. The van der Waals surface area contributed by atoms with Gasteiger partial charge in [0.15, 0.2) is 6.61 Å². The number of morpholine rings is 1. The molecule has 1 aromatic carbocycles. The van der Waals surface area contributed by atoms with Crippen molar-refractivity contribution in [2.24, 2.45) is 0 Å². The lowest BCUT2D eigenvalue weighted by molar-refractivity contribution is -0.137. The summed E-state index contributed by atoms with van der Waals surface area (Å²) in [4.78, 5) is 19.3. The van der Waals surface area contributed by atoms with E-state index in [1.165, 1.54) is 0 Å². The second kappa shape index (κ2) is 8.60. The van der Waals surface area contributed by atoms with Gasteiger partial charge in [0.25, 0.3) is 5.91 Å². The Morgan fingerprint density at radius 3 is 2.32 bits per heavy atom. The van der Waals surface area contributed by atoms with Crippen LogP contribution in [0.5, 0.6) is 5.75 Å². The minimum atomic E-state index is 0.000309. The normalized spacial score (nSPS) is 18.9. The highest BCUT2D eigenvalue weighted by Crippen LogP contribution is 2.16. The summed E-state index contributed by atoms with van der Waals surface area (Å²) in [5.74, 6) is 0.687. The molecule has 2 aliphatic rings. The number of hydrogen-bond donors (Lipinski definition) is 0. The van der Waals surface area contributed by atoms with Crippen LogP contribution in [0.4, 0.5) is 0 Å². The first-order chi connectivity index (χ1) is 12.1. The van der Waals surface area contributed by atoms with Crippen molar-refractivity contribution < 1.29 is 14.3 Å². The summed E-state index contributed by atoms with van der Waals surface area (Å²) in [5.41, 5.74) is 1.02. The summed E-state index contributed by atoms with van der Waals surface area (Å²) in [5, 5.41) is 0. The van der Waals surface area contributed by atoms with E-state index >= 15 is 0 Å². The molecule has 0 aromatic heterocycles. The van der Waals surface area contributed by atoms with Crippen molar-refractivity contribution in [1.82, 2.24) is 14.7 Å². The minimum Gasteiger partial charge on any atom is -0.484 e. The molecule has 3 rings (SSSR count). The van der Waals surface area contributed by atoms with Gasteiger partial charge < -0.3 is 24.2 Å². The van der Waals surface area contributed by atoms with Gasteiger partial charge >= 0.3 is 0 Å². The molecule has 0 saturated carbocycles. The van der Waals surface area contributed by atoms with E-state index in [9.17, 15) is 4.79 Å². The van der Waals surface area contributed by atoms with Crippen LogP contribution >= 0.6 is 12.2 Å². The van der Waals surface area contributed by atoms with Crippen LogP contribution in [0.3, 0.4) is 0 Å². The van der Waals surface area contributed by atoms with Crippen molar-refractivity contribution >= 4 is 23.1 Å². The third-order valence-corrected chi connectivity index (χ3v) is 5.11. The highest BCUT2D eigenvalue weighted by Gasteiger charge is 2.18. The molecule has 0 unspecified atom stereocenters. The second-order valence-corrected chi connectivity index (χ2v) is 6.79. The molecule has 0 radical (unpaired) electrons. The molecule has 0 aliphatic carbocycles. The zero-order valence-electron chi connectivity index (χ0n) is 14.6. The van der Waals surface area contributed by atoms with Crippen molar-refractivity contribution in [1.29, 1.82) is 0 Å². The zero-order chi connectivity index (χ0) is 17.6. The summed E-state index contributed by atoms with van der Waals surface area (Å²) in [6, 6.07) is 7.69. The molecule has 2 saturated heterocycles. The number of piperazine rings is 1. The van der Waals surface area contributed by atoms with Crippen LogP contribution in [-0.2, 0) is 9.53 Å². The molecule has 0 atom stereocenters. The highest BCUT2D eigenvalue weighted by atomic mass is 32.1. The molecule has 2 aliphatic heterocycles. The van der Waals surface area contributed by atoms with Gasteiger partial charge in [0.05, 0.1) is 13.2 Å². The Balaban J connectivity index is 1.50. The number of hydrogen-bond acceptors (Lipinski definition) is 5. The average Bonchev–Trinajstić information content (AvgIpc) is 2.67. The predicted octanol–water partition coefficient (Wildman–Crippen LogP) is 0.847. The fourth-order valence-corrected chi connectivity index (χ4v) is 3.25. The molecule has 0 N–H and O–H groups in total. The van der Waals surface area contributed by atoms with Crippen LogP contribution in [0.1, 0.15) is 5.56 Å². The largest absolute Gasteiger partial charge is 0.484 e. The third kappa shape index (κ3) is 4.90. The van der Waals surface area contributed by atoms with E-state index in [4.69, 9.17) is 21.7 Å². The van der Waals surface area contributed by atoms with Crippen molar-refractivity contribution in [2.75, 3.05) is 66.1 Å². The third-order valence-electron chi connectivity index (χ3n) is 4.62. The molecule has 2 fully saturated rings. The summed E-state index contributed by atoms with van der Waals surface area (Å²) in [6.07, 6.45) is 0. The zero-order valence-corrected chi connectivity index (χ0v) is 15.5. The van der Waals surface area contributed by atoms with Gasteiger partial charge in [-0.15, -0.1) is 0 Å². The maximum Gasteiger partial charge on any atom is 0.260 e. The summed E-state index contributed by atoms with van der Waals surface area (Å²) in [7, 11) is 2.13. The quantitative estimate of drug-likeness (QED) is 0.739. The van der Waals surface area contributed by atoms with Crippen LogP contribution in [0.15, 0.2) is 24.3 Å². The lowest BCUT2D eigenvalue weighted by Gasteiger charge is -2.34. The van der Waals surface area contributed by atoms with Crippen molar-refractivity contribution in [3.8, 4) is 5.75 Å². The number of ether oxygens (including phenoxy) is 2. The number of nitrogens with zero attached hydrogens (tertiary/aromatic N) is 3. The lowest BCUT2D eigenvalue weighted by atomic mass is 10.2. The molecule has 0 bridgehead atoms. The van der Waals surface area contributed by atoms with E-state index in [0.717, 1.165) is 36.7 Å². The van der Waals surface area contributed by atoms with E-state index in [1.807, 2.05) is 24.3 Å². The molecule has 6 nitrogen and oxygen atoms in total. The monoisotopic (exact) mass is 363 g/mol. The number of benzene rings is 1. The number of thiocarbonyl (C=S) groups is 1. The first kappa shape index (κ1) is 18.1. The van der Waals surface area contributed by atoms with Crippen LogP contribution in [0, 0.1) is 0 Å². The molecular weight excluding hydrogens is 338 g/mol. The predicted molar refractivity (Wildman–Crippen MR) is 100 cm³/mol. The van der Waals surface area contributed by atoms with Gasteiger partial charge in [-0.05, 0) is 31.3 Å². The molecule has 0 spiro atoms. The van der Waals surface area contributed by atoms with Crippen molar-refractivity contribution in [2.45, 2.75) is 0 Å². The number of carbonyl (C=O) groups excluding carboxylic acids is 1. The van der Waals surface area contributed by atoms with Gasteiger partial charge in [0.2, 0.25) is 0 Å². The van der Waals surface area contributed by atoms with Crippen LogP contribution in [0.2, 0.25) is 0 Å². The summed E-state index contributed by atoms with van der Waals surface area (Å²) in [6.45, 7) is 6.52. The first-order valence-electron chi connectivity index (χ1n) is 8.70. The average molecular weight is 363 g/mol. The Hall–Kier alpha value is -1.70. The minimum absolute atomic E-state index is 0.000309. The lowest BCUT2D eigenvalue weighted by Crippen LogP contribution is -2.46. The van der Waals surface area contributed by atoms with E-state index in [0.29, 0.717) is 32.1 Å². The summed E-state index contributed by atoms with van der Waals surface area (Å²) >= 11 is 5.61. The molecule has 136 valence electrons. The van der Waals surface area contributed by atoms with E-state index in [-0.39, 0.29) is 12.5 Å². The summed E-state index contributed by atoms with van der Waals surface area (Å²) < 4.78 is 10.9. The maximum atomic E-state index is 12.1. The molecule has 1 amide bonds. The molecule has 7 heteroatoms. The van der Waals surface area contributed by atoms with E-state index in [2.05, 4.69) is 16.8 Å².